The summed E-state index contributed by atoms with van der Waals surface area (Å²) in [5.41, 5.74) is 1.89. The lowest BCUT2D eigenvalue weighted by Crippen LogP contribution is -2.64. The Hall–Kier alpha value is -4.48. The maximum absolute atomic E-state index is 16.7. The molecule has 0 spiro atoms. The number of aromatic hydroxyl groups is 1. The second-order valence-corrected chi connectivity index (χ2v) is 14.3. The van der Waals surface area contributed by atoms with Crippen LogP contribution in [0.5, 0.6) is 5.75 Å². The molecule has 2 aromatic heterocycles. The number of hydrogen-bond acceptors (Lipinski definition) is 7. The van der Waals surface area contributed by atoms with Crippen molar-refractivity contribution in [2.45, 2.75) is 52.1 Å². The standard InChI is InChI=1S/C38H43ClF2N6O3/c1-8-29(49)45-20-24-19-44(16-10-15-43(6)7)37-36(46(24)18-23(45)5)25-17-27(41)31(30-26(40)11-9-12-28(30)48)32(39)35(25)47(38(37)50)34-22(4)13-14-42-33(34)21(2)3/h8-9,11-14,17,21,23-24,48H,1,10,15-16,18-20H2,2-7H3. The highest BCUT2D eigenvalue weighted by molar-refractivity contribution is 6.38. The van der Waals surface area contributed by atoms with Crippen LogP contribution >= 0.6 is 11.6 Å². The van der Waals surface area contributed by atoms with Gasteiger partial charge in [-0.15, -0.1) is 0 Å². The summed E-state index contributed by atoms with van der Waals surface area (Å²) >= 11 is 7.22. The molecule has 6 rings (SSSR count). The van der Waals surface area contributed by atoms with Gasteiger partial charge < -0.3 is 24.7 Å². The second kappa shape index (κ2) is 13.7. The van der Waals surface area contributed by atoms with E-state index in [4.69, 9.17) is 11.6 Å². The first-order valence-corrected chi connectivity index (χ1v) is 17.3. The molecule has 2 atom stereocenters. The van der Waals surface area contributed by atoms with Gasteiger partial charge in [0.25, 0.3) is 5.56 Å². The third-order valence-electron chi connectivity index (χ3n) is 9.83. The van der Waals surface area contributed by atoms with E-state index in [-0.39, 0.29) is 45.6 Å². The van der Waals surface area contributed by atoms with Crippen LogP contribution in [0.3, 0.4) is 0 Å². The first kappa shape index (κ1) is 35.3. The van der Waals surface area contributed by atoms with Gasteiger partial charge in [0.1, 0.15) is 23.1 Å². The van der Waals surface area contributed by atoms with Gasteiger partial charge in [-0.05, 0) is 82.7 Å². The Morgan fingerprint density at radius 3 is 2.52 bits per heavy atom. The average molecular weight is 705 g/mol. The van der Waals surface area contributed by atoms with Crippen LogP contribution in [-0.4, -0.2) is 89.3 Å². The van der Waals surface area contributed by atoms with Crippen molar-refractivity contribution in [2.75, 3.05) is 56.6 Å². The van der Waals surface area contributed by atoms with E-state index in [1.807, 2.05) is 52.8 Å². The normalized spacial score (nSPS) is 17.5. The number of aromatic nitrogens is 2. The highest BCUT2D eigenvalue weighted by atomic mass is 35.5. The number of halogens is 3. The molecule has 1 fully saturated rings. The van der Waals surface area contributed by atoms with Crippen molar-refractivity contribution in [3.05, 3.63) is 87.5 Å². The van der Waals surface area contributed by atoms with Gasteiger partial charge in [0.2, 0.25) is 5.91 Å². The van der Waals surface area contributed by atoms with Crippen LogP contribution in [0.25, 0.3) is 27.7 Å². The van der Waals surface area contributed by atoms with Crippen LogP contribution in [0.4, 0.5) is 20.2 Å². The average Bonchev–Trinajstić information content (AvgIpc) is 3.05. The summed E-state index contributed by atoms with van der Waals surface area (Å²) in [7, 11) is 3.98. The maximum atomic E-state index is 16.7. The highest BCUT2D eigenvalue weighted by Crippen LogP contribution is 2.48. The zero-order chi connectivity index (χ0) is 36.2. The Kier molecular flexibility index (Phi) is 9.67. The number of benzene rings is 2. The van der Waals surface area contributed by atoms with E-state index in [1.54, 1.807) is 11.1 Å². The Labute approximate surface area is 296 Å². The number of carbonyl (C=O) groups is 1. The van der Waals surface area contributed by atoms with Gasteiger partial charge in [0, 0.05) is 49.4 Å². The number of aryl methyl sites for hydroxylation is 1. The predicted octanol–water partition coefficient (Wildman–Crippen LogP) is 6.49. The number of piperazine rings is 1. The molecule has 0 radical (unpaired) electrons. The van der Waals surface area contributed by atoms with Gasteiger partial charge >= 0.3 is 0 Å². The minimum absolute atomic E-state index is 0.103. The van der Waals surface area contributed by atoms with Crippen molar-refractivity contribution in [3.63, 3.8) is 0 Å². The lowest BCUT2D eigenvalue weighted by atomic mass is 9.95. The van der Waals surface area contributed by atoms with Crippen molar-refractivity contribution in [1.29, 1.82) is 0 Å². The lowest BCUT2D eigenvalue weighted by molar-refractivity contribution is -0.128. The SMILES string of the molecule is C=CC(=O)N1CC2CN(CCCN(C)C)c3c(c4cc(F)c(-c5c(O)cccc5F)c(Cl)c4n(-c4c(C)ccnc4C(C)C)c3=O)N2CC1C. The van der Waals surface area contributed by atoms with Gasteiger partial charge in [-0.3, -0.25) is 19.1 Å². The predicted molar refractivity (Wildman–Crippen MR) is 196 cm³/mol. The van der Waals surface area contributed by atoms with Gasteiger partial charge in [-0.25, -0.2) is 8.78 Å². The Morgan fingerprint density at radius 1 is 1.12 bits per heavy atom. The lowest BCUT2D eigenvalue weighted by Gasteiger charge is -2.52. The van der Waals surface area contributed by atoms with Crippen LogP contribution in [0.2, 0.25) is 5.02 Å². The number of rotatable bonds is 8. The number of amides is 1. The summed E-state index contributed by atoms with van der Waals surface area (Å²) < 4.78 is 33.6. The fraction of sp³-hybridized carbons (Fsp3) is 0.395. The smallest absolute Gasteiger partial charge is 0.281 e. The summed E-state index contributed by atoms with van der Waals surface area (Å²) in [6.07, 6.45) is 3.74. The number of nitrogens with zero attached hydrogens (tertiary/aromatic N) is 6. The largest absolute Gasteiger partial charge is 0.507 e. The van der Waals surface area contributed by atoms with Crippen LogP contribution in [0.1, 0.15) is 44.4 Å². The molecule has 2 aliphatic heterocycles. The molecule has 4 aromatic rings. The molecule has 1 saturated heterocycles. The van der Waals surface area contributed by atoms with E-state index in [9.17, 15) is 9.90 Å². The molecule has 0 bridgehead atoms. The van der Waals surface area contributed by atoms with E-state index in [2.05, 4.69) is 21.4 Å². The van der Waals surface area contributed by atoms with Gasteiger partial charge in [0.05, 0.1) is 39.2 Å². The minimum Gasteiger partial charge on any atom is -0.507 e. The molecular formula is C38H43ClF2N6O3. The van der Waals surface area contributed by atoms with Crippen LogP contribution in [-0.2, 0) is 4.79 Å². The van der Waals surface area contributed by atoms with Gasteiger partial charge in [0.15, 0.2) is 0 Å². The van der Waals surface area contributed by atoms with Gasteiger partial charge in [-0.1, -0.05) is 38.1 Å². The molecule has 4 heterocycles. The summed E-state index contributed by atoms with van der Waals surface area (Å²) in [5.74, 6) is -2.48. The van der Waals surface area contributed by atoms with Gasteiger partial charge in [-0.2, -0.15) is 0 Å². The molecule has 264 valence electrons. The number of fused-ring (bicyclic) bond motifs is 5. The third-order valence-corrected chi connectivity index (χ3v) is 10.2. The summed E-state index contributed by atoms with van der Waals surface area (Å²) in [4.78, 5) is 41.0. The monoisotopic (exact) mass is 704 g/mol. The fourth-order valence-electron chi connectivity index (χ4n) is 7.53. The quantitative estimate of drug-likeness (QED) is 0.210. The first-order chi connectivity index (χ1) is 23.8. The second-order valence-electron chi connectivity index (χ2n) is 13.9. The highest BCUT2D eigenvalue weighted by Gasteiger charge is 2.42. The van der Waals surface area contributed by atoms with E-state index in [0.29, 0.717) is 54.3 Å². The molecule has 2 unspecified atom stereocenters. The van der Waals surface area contributed by atoms with Crippen LogP contribution in [0, 0.1) is 18.6 Å². The van der Waals surface area contributed by atoms with Crippen LogP contribution in [0.15, 0.2) is 54.0 Å². The topological polar surface area (TPSA) is 85.1 Å². The molecule has 2 aromatic carbocycles. The minimum atomic E-state index is -0.860. The van der Waals surface area contributed by atoms with Crippen LogP contribution < -0.4 is 15.4 Å². The molecule has 9 nitrogen and oxygen atoms in total. The maximum Gasteiger partial charge on any atom is 0.281 e. The number of pyridine rings is 2. The van der Waals surface area contributed by atoms with E-state index >= 15 is 13.6 Å². The van der Waals surface area contributed by atoms with E-state index in [0.717, 1.165) is 24.6 Å². The molecule has 1 N–H and O–H groups in total. The van der Waals surface area contributed by atoms with Crippen molar-refractivity contribution in [1.82, 2.24) is 19.4 Å². The number of carbonyl (C=O) groups excluding carboxylic acids is 1. The Bertz CT molecular complexity index is 2050. The van der Waals surface area contributed by atoms with Crippen molar-refractivity contribution < 1.29 is 18.7 Å². The Morgan fingerprint density at radius 2 is 1.86 bits per heavy atom. The molecule has 0 aliphatic carbocycles. The summed E-state index contributed by atoms with van der Waals surface area (Å²) in [6, 6.07) is 6.34. The number of hydrogen-bond donors (Lipinski definition) is 1. The zero-order valence-corrected chi connectivity index (χ0v) is 30.1. The molecule has 12 heteroatoms. The van der Waals surface area contributed by atoms with Crippen molar-refractivity contribution in [3.8, 4) is 22.6 Å². The number of phenols is 1. The Balaban J connectivity index is 1.76. The summed E-state index contributed by atoms with van der Waals surface area (Å²) in [5, 5.41) is 10.9. The first-order valence-electron chi connectivity index (χ1n) is 16.9. The van der Waals surface area contributed by atoms with Crippen molar-refractivity contribution >= 4 is 39.8 Å². The fourth-order valence-corrected chi connectivity index (χ4v) is 7.90. The molecule has 0 saturated carbocycles. The van der Waals surface area contributed by atoms with E-state index < -0.39 is 22.9 Å². The van der Waals surface area contributed by atoms with E-state index in [1.165, 1.54) is 28.8 Å². The molecule has 1 amide bonds. The third kappa shape index (κ3) is 5.90. The zero-order valence-electron chi connectivity index (χ0n) is 29.3. The van der Waals surface area contributed by atoms with Crippen molar-refractivity contribution in [2.24, 2.45) is 0 Å². The number of phenolic OH excluding ortho intramolecular Hbond substituents is 1. The molecule has 50 heavy (non-hydrogen) atoms. The summed E-state index contributed by atoms with van der Waals surface area (Å²) in [6.45, 7) is 14.0. The number of anilines is 2. The molecule has 2 aliphatic rings. The molecular weight excluding hydrogens is 662 g/mol.